The first-order valence-corrected chi connectivity index (χ1v) is 9.38. The standard InChI is InChI=1S/C21H32Cl2N4O/c1-25(2)21(28)24-17-8-6-16(7-9-17)10-11-26-12-14-27(15-13-26)19-5-3-4-18(22)20(19)23/h3-5,16-17H,6-15H2,1-2H3,(H,24,28)/i3D,4D,5D,6D2,7D2,8D2,9D2,11D2,16D,17D. The summed E-state index contributed by atoms with van der Waals surface area (Å²) in [5, 5.41) is 1.39. The number of anilines is 1. The van der Waals surface area contributed by atoms with Crippen LogP contribution in [0.3, 0.4) is 0 Å². The van der Waals surface area contributed by atoms with Crippen LogP contribution in [0.2, 0.25) is 10.0 Å². The van der Waals surface area contributed by atoms with E-state index in [-0.39, 0.29) is 48.0 Å². The number of carbonyl (C=O) groups is 1. The Balaban J connectivity index is 1.98. The lowest BCUT2D eigenvalue weighted by atomic mass is 9.84. The normalized spacial score (nSPS) is 44.3. The Hall–Kier alpha value is -1.17. The quantitative estimate of drug-likeness (QED) is 0.738. The van der Waals surface area contributed by atoms with E-state index in [1.54, 1.807) is 5.32 Å². The summed E-state index contributed by atoms with van der Waals surface area (Å²) in [6.45, 7) is -3.06. The van der Waals surface area contributed by atoms with E-state index in [1.807, 2.05) is 0 Å². The molecule has 1 saturated carbocycles. The molecular formula is C21H32Cl2N4O. The maximum absolute atomic E-state index is 12.4. The third kappa shape index (κ3) is 5.68. The van der Waals surface area contributed by atoms with Crippen molar-refractivity contribution in [1.29, 1.82) is 0 Å². The van der Waals surface area contributed by atoms with Crippen molar-refractivity contribution >= 4 is 34.9 Å². The van der Waals surface area contributed by atoms with E-state index in [4.69, 9.17) is 43.8 Å². The van der Waals surface area contributed by atoms with E-state index < -0.39 is 68.4 Å². The number of piperazine rings is 1. The maximum Gasteiger partial charge on any atom is 0.317 e. The Morgan fingerprint density at radius 3 is 2.61 bits per heavy atom. The summed E-state index contributed by atoms with van der Waals surface area (Å²) >= 11 is 12.3. The number of halogens is 2. The maximum atomic E-state index is 12.4. The molecule has 1 aromatic rings. The molecule has 7 heteroatoms. The van der Waals surface area contributed by atoms with Crippen LogP contribution in [0.15, 0.2) is 18.1 Å². The van der Waals surface area contributed by atoms with Crippen LogP contribution >= 0.6 is 23.2 Å². The fourth-order valence-electron chi connectivity index (χ4n) is 2.56. The molecule has 28 heavy (non-hydrogen) atoms. The van der Waals surface area contributed by atoms with Gasteiger partial charge in [-0.2, -0.15) is 0 Å². The number of rotatable bonds is 5. The van der Waals surface area contributed by atoms with Gasteiger partial charge in [-0.15, -0.1) is 0 Å². The second kappa shape index (κ2) is 10.0. The van der Waals surface area contributed by atoms with Crippen molar-refractivity contribution in [2.24, 2.45) is 5.89 Å². The Morgan fingerprint density at radius 2 is 1.96 bits per heavy atom. The number of urea groups is 1. The summed E-state index contributed by atoms with van der Waals surface area (Å²) in [5.74, 6) is -3.46. The van der Waals surface area contributed by atoms with Crippen LogP contribution in [-0.2, 0) is 0 Å². The van der Waals surface area contributed by atoms with E-state index in [0.717, 1.165) is 9.80 Å². The average molecular weight is 443 g/mol. The minimum absolute atomic E-state index is 0.0168. The van der Waals surface area contributed by atoms with Crippen LogP contribution < -0.4 is 10.2 Å². The van der Waals surface area contributed by atoms with Crippen molar-refractivity contribution in [3.8, 4) is 0 Å². The second-order valence-electron chi connectivity index (χ2n) is 6.34. The van der Waals surface area contributed by atoms with Crippen LogP contribution in [-0.4, -0.2) is 68.6 Å². The van der Waals surface area contributed by atoms with E-state index in [0.29, 0.717) is 0 Å². The number of benzene rings is 1. The van der Waals surface area contributed by atoms with Gasteiger partial charge in [0.25, 0.3) is 0 Å². The van der Waals surface area contributed by atoms with Gasteiger partial charge in [-0.3, -0.25) is 4.90 Å². The molecule has 2 amide bonds. The number of nitrogens with one attached hydrogen (secondary N) is 1. The highest BCUT2D eigenvalue weighted by atomic mass is 35.5. The number of hydrogen-bond donors (Lipinski definition) is 1. The van der Waals surface area contributed by atoms with Crippen molar-refractivity contribution in [3.63, 3.8) is 0 Å². The Kier molecular flexibility index (Phi) is 3.34. The topological polar surface area (TPSA) is 38.8 Å². The lowest BCUT2D eigenvalue weighted by molar-refractivity contribution is 0.194. The molecule has 1 N–H and O–H groups in total. The molecule has 1 saturated heterocycles. The third-order valence-corrected chi connectivity index (χ3v) is 4.89. The number of hydrogen-bond acceptors (Lipinski definition) is 3. The smallest absolute Gasteiger partial charge is 0.317 e. The van der Waals surface area contributed by atoms with E-state index >= 15 is 0 Å². The van der Waals surface area contributed by atoms with Crippen molar-refractivity contribution in [3.05, 3.63) is 28.2 Å². The average Bonchev–Trinajstić information content (AvgIpc) is 2.89. The van der Waals surface area contributed by atoms with Gasteiger partial charge < -0.3 is 15.1 Å². The lowest BCUT2D eigenvalue weighted by Crippen LogP contribution is -2.47. The van der Waals surface area contributed by atoms with Gasteiger partial charge in [0.2, 0.25) is 0 Å². The van der Waals surface area contributed by atoms with Crippen molar-refractivity contribution in [2.45, 2.75) is 37.9 Å². The molecule has 0 unspecified atom stereocenters. The van der Waals surface area contributed by atoms with Crippen LogP contribution in [0.25, 0.3) is 0 Å². The summed E-state index contributed by atoms with van der Waals surface area (Å²) in [5.41, 5.74) is 0.0535. The van der Waals surface area contributed by atoms with Crippen LogP contribution in [0.5, 0.6) is 0 Å². The molecule has 1 aliphatic heterocycles. The molecule has 0 radical (unpaired) electrons. The minimum Gasteiger partial charge on any atom is -0.368 e. The summed E-state index contributed by atoms with van der Waals surface area (Å²) in [7, 11) is 2.39. The van der Waals surface area contributed by atoms with Crippen LogP contribution in [0, 0.1) is 5.89 Å². The van der Waals surface area contributed by atoms with Gasteiger partial charge in [0, 0.05) is 61.4 Å². The van der Waals surface area contributed by atoms with Gasteiger partial charge in [0.05, 0.1) is 21.2 Å². The fraction of sp³-hybridized carbons (Fsp3) is 0.667. The predicted octanol–water partition coefficient (Wildman–Crippen LogP) is 4.34. The lowest BCUT2D eigenvalue weighted by Gasteiger charge is -2.37. The molecule has 2 fully saturated rings. The minimum atomic E-state index is -3.74. The monoisotopic (exact) mass is 441 g/mol. The number of amides is 2. The number of nitrogens with zero attached hydrogens (tertiary/aromatic N) is 3. The van der Waals surface area contributed by atoms with Crippen molar-refractivity contribution in [2.75, 3.05) is 51.7 Å². The first-order valence-electron chi connectivity index (χ1n) is 16.1. The molecule has 156 valence electrons. The molecule has 0 spiro atoms. The first-order chi connectivity index (χ1) is 19.2. The molecule has 0 atom stereocenters. The summed E-state index contributed by atoms with van der Waals surface area (Å²) in [6.07, 6.45) is -16.3. The predicted molar refractivity (Wildman–Crippen MR) is 118 cm³/mol. The van der Waals surface area contributed by atoms with Crippen molar-refractivity contribution in [1.82, 2.24) is 15.1 Å². The van der Waals surface area contributed by atoms with Gasteiger partial charge >= 0.3 is 6.03 Å². The largest absolute Gasteiger partial charge is 0.368 e. The van der Waals surface area contributed by atoms with Crippen LogP contribution in [0.1, 0.15) is 52.5 Å². The zero-order valence-electron chi connectivity index (χ0n) is 30.5. The summed E-state index contributed by atoms with van der Waals surface area (Å²) in [4.78, 5) is 15.9. The highest BCUT2D eigenvalue weighted by Gasteiger charge is 2.24. The molecule has 0 aromatic heterocycles. The second-order valence-corrected chi connectivity index (χ2v) is 7.09. The van der Waals surface area contributed by atoms with E-state index in [2.05, 4.69) is 0 Å². The zero-order chi connectivity index (χ0) is 33.5. The summed E-state index contributed by atoms with van der Waals surface area (Å²) < 4.78 is 127. The van der Waals surface area contributed by atoms with Gasteiger partial charge in [-0.1, -0.05) is 29.2 Å². The molecule has 2 aliphatic rings. The van der Waals surface area contributed by atoms with Gasteiger partial charge in [-0.25, -0.2) is 4.79 Å². The highest BCUT2D eigenvalue weighted by Crippen LogP contribution is 2.33. The first kappa shape index (κ1) is 9.32. The molecule has 1 heterocycles. The van der Waals surface area contributed by atoms with E-state index in [1.165, 1.54) is 19.0 Å². The molecule has 3 rings (SSSR count). The fourth-order valence-corrected chi connectivity index (χ4v) is 2.91. The molecule has 5 nitrogen and oxygen atoms in total. The molecule has 1 aromatic carbocycles. The van der Waals surface area contributed by atoms with Gasteiger partial charge in [-0.05, 0) is 56.4 Å². The zero-order valence-corrected chi connectivity index (χ0v) is 17.1. The van der Waals surface area contributed by atoms with Crippen LogP contribution in [0.4, 0.5) is 10.5 Å². The van der Waals surface area contributed by atoms with Gasteiger partial charge in [0.15, 0.2) is 0 Å². The van der Waals surface area contributed by atoms with Crippen molar-refractivity contribution < 1.29 is 25.4 Å². The molecule has 1 aliphatic carbocycles. The molecular weight excluding hydrogens is 395 g/mol. The Bertz CT molecular complexity index is 1230. The van der Waals surface area contributed by atoms with Gasteiger partial charge in [0.1, 0.15) is 0 Å². The highest BCUT2D eigenvalue weighted by molar-refractivity contribution is 6.43. The molecule has 0 bridgehead atoms. The van der Waals surface area contributed by atoms with E-state index in [9.17, 15) is 4.79 Å². The summed E-state index contributed by atoms with van der Waals surface area (Å²) in [6, 6.07) is -6.03. The number of carbonyl (C=O) groups excluding carboxylic acids is 1. The third-order valence-electron chi connectivity index (χ3n) is 4.14. The SMILES string of the molecule is [2H]c1c([2H])c(Cl)c(Cl)c(N2CCN(C([2H])([2H])CC3([2H])C([2H])([2H])C([2H])([2H])C([2H])(NC(=O)N(C)C)C([2H])([2H])C3([2H])[2H])CC2)c1[2H]. The Morgan fingerprint density at radius 1 is 1.29 bits per heavy atom. The Labute approximate surface area is 200 Å².